The van der Waals surface area contributed by atoms with Gasteiger partial charge >= 0.3 is 0 Å². The van der Waals surface area contributed by atoms with Gasteiger partial charge in [-0.1, -0.05) is 13.8 Å². The topological polar surface area (TPSA) is 76.2 Å². The summed E-state index contributed by atoms with van der Waals surface area (Å²) in [5.41, 5.74) is 1.70. The number of likely N-dealkylation sites (tertiary alicyclic amines) is 1. The van der Waals surface area contributed by atoms with E-state index in [-0.39, 0.29) is 17.4 Å². The number of nitrogens with zero attached hydrogens (tertiary/aromatic N) is 4. The van der Waals surface area contributed by atoms with E-state index in [1.54, 1.807) is 12.5 Å². The summed E-state index contributed by atoms with van der Waals surface area (Å²) in [6.07, 6.45) is 7.95. The lowest BCUT2D eigenvalue weighted by Crippen LogP contribution is -2.44. The highest BCUT2D eigenvalue weighted by Crippen LogP contribution is 2.39. The van der Waals surface area contributed by atoms with Crippen molar-refractivity contribution in [3.05, 3.63) is 35.6 Å². The number of amides is 1. The first-order chi connectivity index (χ1) is 13.0. The number of hydrogen-bond donors (Lipinski definition) is 1. The first-order valence-corrected chi connectivity index (χ1v) is 10.0. The Labute approximate surface area is 159 Å². The molecule has 2 aromatic heterocycles. The Morgan fingerprint density at radius 1 is 1.41 bits per heavy atom. The van der Waals surface area contributed by atoms with Gasteiger partial charge in [0.05, 0.1) is 11.9 Å². The number of nitrogens with one attached hydrogen (secondary N) is 1. The second-order valence-corrected chi connectivity index (χ2v) is 8.95. The maximum atomic E-state index is 12.8. The van der Waals surface area contributed by atoms with E-state index in [2.05, 4.69) is 38.6 Å². The lowest BCUT2D eigenvalue weighted by atomic mass is 9.88. The lowest BCUT2D eigenvalue weighted by molar-refractivity contribution is 0.0907. The fourth-order valence-electron chi connectivity index (χ4n) is 4.43. The smallest absolute Gasteiger partial charge is 0.269 e. The van der Waals surface area contributed by atoms with E-state index >= 15 is 0 Å². The van der Waals surface area contributed by atoms with Gasteiger partial charge in [0.1, 0.15) is 17.8 Å². The second-order valence-electron chi connectivity index (χ2n) is 8.95. The molecule has 1 amide bonds. The Bertz CT molecular complexity index is 864. The molecule has 27 heavy (non-hydrogen) atoms. The molecular formula is C20H27N5O2. The van der Waals surface area contributed by atoms with Gasteiger partial charge in [-0.3, -0.25) is 9.69 Å². The molecule has 4 heterocycles. The van der Waals surface area contributed by atoms with Gasteiger partial charge in [-0.2, -0.15) is 0 Å². The van der Waals surface area contributed by atoms with Crippen LogP contribution >= 0.6 is 0 Å². The van der Waals surface area contributed by atoms with Gasteiger partial charge < -0.3 is 14.3 Å². The van der Waals surface area contributed by atoms with Crippen LogP contribution in [0.3, 0.4) is 0 Å². The van der Waals surface area contributed by atoms with Crippen molar-refractivity contribution in [2.75, 3.05) is 13.1 Å². The average molecular weight is 369 g/mol. The highest BCUT2D eigenvalue weighted by atomic mass is 16.3. The van der Waals surface area contributed by atoms with Crippen molar-refractivity contribution in [1.29, 1.82) is 0 Å². The molecule has 7 nitrogen and oxygen atoms in total. The first kappa shape index (κ1) is 17.0. The maximum Gasteiger partial charge on any atom is 0.269 e. The quantitative estimate of drug-likeness (QED) is 0.875. The van der Waals surface area contributed by atoms with E-state index in [4.69, 9.17) is 4.42 Å². The van der Waals surface area contributed by atoms with Crippen molar-refractivity contribution < 1.29 is 9.21 Å². The SMILES string of the molecule is CC1(C)CN(Cc2coc(C3CC3)n2)CC1NC(=O)c1cnc2n1CCC2. The van der Waals surface area contributed by atoms with E-state index in [1.807, 2.05) is 0 Å². The summed E-state index contributed by atoms with van der Waals surface area (Å²) < 4.78 is 7.68. The van der Waals surface area contributed by atoms with Crippen LogP contribution in [0.25, 0.3) is 0 Å². The van der Waals surface area contributed by atoms with Gasteiger partial charge in [0.25, 0.3) is 5.91 Å². The molecule has 1 saturated carbocycles. The van der Waals surface area contributed by atoms with Crippen LogP contribution in [0.15, 0.2) is 16.9 Å². The number of aromatic nitrogens is 3. The Hall–Kier alpha value is -2.15. The normalized spacial score (nSPS) is 24.3. The molecule has 1 saturated heterocycles. The fourth-order valence-corrected chi connectivity index (χ4v) is 4.43. The molecule has 144 valence electrons. The van der Waals surface area contributed by atoms with E-state index in [0.29, 0.717) is 11.6 Å². The third-order valence-corrected chi connectivity index (χ3v) is 6.16. The molecule has 7 heteroatoms. The summed E-state index contributed by atoms with van der Waals surface area (Å²) in [5.74, 6) is 2.46. The van der Waals surface area contributed by atoms with Crippen LogP contribution in [0, 0.1) is 5.41 Å². The fraction of sp³-hybridized carbons (Fsp3) is 0.650. The Morgan fingerprint density at radius 2 is 2.26 bits per heavy atom. The second kappa shape index (κ2) is 6.19. The molecule has 0 radical (unpaired) electrons. The molecule has 2 aliphatic heterocycles. The zero-order chi connectivity index (χ0) is 18.6. The molecule has 1 unspecified atom stereocenters. The number of carbonyl (C=O) groups is 1. The van der Waals surface area contributed by atoms with E-state index in [9.17, 15) is 4.79 Å². The molecule has 3 aliphatic rings. The molecule has 0 bridgehead atoms. The van der Waals surface area contributed by atoms with Gasteiger partial charge in [0.15, 0.2) is 5.89 Å². The molecule has 1 atom stereocenters. The molecular weight excluding hydrogens is 342 g/mol. The summed E-state index contributed by atoms with van der Waals surface area (Å²) in [6, 6.07) is 0.104. The monoisotopic (exact) mass is 369 g/mol. The Kier molecular flexibility index (Phi) is 3.89. The van der Waals surface area contributed by atoms with Gasteiger partial charge in [0, 0.05) is 44.6 Å². The minimum atomic E-state index is -0.00645. The van der Waals surface area contributed by atoms with Crippen LogP contribution in [0.1, 0.15) is 66.9 Å². The van der Waals surface area contributed by atoms with E-state index in [1.165, 1.54) is 12.8 Å². The third-order valence-electron chi connectivity index (χ3n) is 6.16. The maximum absolute atomic E-state index is 12.8. The molecule has 5 rings (SSSR count). The first-order valence-electron chi connectivity index (χ1n) is 10.0. The number of aryl methyl sites for hydroxylation is 1. The number of hydrogen-bond acceptors (Lipinski definition) is 5. The summed E-state index contributed by atoms with van der Waals surface area (Å²) in [7, 11) is 0. The minimum Gasteiger partial charge on any atom is -0.448 e. The zero-order valence-corrected chi connectivity index (χ0v) is 16.1. The van der Waals surface area contributed by atoms with Crippen LogP contribution in [0.4, 0.5) is 0 Å². The minimum absolute atomic E-state index is 0.00645. The van der Waals surface area contributed by atoms with Gasteiger partial charge in [-0.15, -0.1) is 0 Å². The van der Waals surface area contributed by atoms with Crippen LogP contribution in [0.5, 0.6) is 0 Å². The Morgan fingerprint density at radius 3 is 3.07 bits per heavy atom. The van der Waals surface area contributed by atoms with Crippen LogP contribution in [-0.2, 0) is 19.5 Å². The van der Waals surface area contributed by atoms with Crippen molar-refractivity contribution in [3.8, 4) is 0 Å². The molecule has 2 fully saturated rings. The standard InChI is InChI=1S/C20H27N5O2/c1-20(2)12-24(9-14-11-27-19(22-14)13-5-6-13)10-16(20)23-18(26)15-8-21-17-4-3-7-25(15)17/h8,11,13,16H,3-7,9-10,12H2,1-2H3,(H,23,26). The highest BCUT2D eigenvalue weighted by Gasteiger charge is 2.41. The van der Waals surface area contributed by atoms with Crippen molar-refractivity contribution in [3.63, 3.8) is 0 Å². The number of imidazole rings is 1. The molecule has 1 N–H and O–H groups in total. The zero-order valence-electron chi connectivity index (χ0n) is 16.1. The van der Waals surface area contributed by atoms with Crippen LogP contribution in [-0.4, -0.2) is 44.5 Å². The highest BCUT2D eigenvalue weighted by molar-refractivity contribution is 5.92. The average Bonchev–Trinajstić information content (AvgIpc) is 2.96. The molecule has 1 aliphatic carbocycles. The largest absolute Gasteiger partial charge is 0.448 e. The molecule has 0 spiro atoms. The number of rotatable bonds is 5. The summed E-state index contributed by atoms with van der Waals surface area (Å²) in [4.78, 5) is 24.2. The summed E-state index contributed by atoms with van der Waals surface area (Å²) in [6.45, 7) is 7.86. The molecule has 0 aromatic carbocycles. The van der Waals surface area contributed by atoms with Crippen molar-refractivity contribution in [1.82, 2.24) is 24.8 Å². The van der Waals surface area contributed by atoms with Crippen molar-refractivity contribution >= 4 is 5.91 Å². The number of carbonyl (C=O) groups excluding carboxylic acids is 1. The van der Waals surface area contributed by atoms with E-state index < -0.39 is 0 Å². The van der Waals surface area contributed by atoms with Crippen molar-refractivity contribution in [2.24, 2.45) is 5.41 Å². The lowest BCUT2D eigenvalue weighted by Gasteiger charge is -2.26. The summed E-state index contributed by atoms with van der Waals surface area (Å²) >= 11 is 0. The van der Waals surface area contributed by atoms with Crippen LogP contribution < -0.4 is 5.32 Å². The van der Waals surface area contributed by atoms with Crippen LogP contribution in [0.2, 0.25) is 0 Å². The van der Waals surface area contributed by atoms with Gasteiger partial charge in [0.2, 0.25) is 0 Å². The van der Waals surface area contributed by atoms with Crippen molar-refractivity contribution in [2.45, 2.75) is 64.6 Å². The third kappa shape index (κ3) is 3.18. The summed E-state index contributed by atoms with van der Waals surface area (Å²) in [5, 5.41) is 3.27. The van der Waals surface area contributed by atoms with E-state index in [0.717, 1.165) is 56.4 Å². The van der Waals surface area contributed by atoms with Gasteiger partial charge in [-0.25, -0.2) is 9.97 Å². The predicted molar refractivity (Wildman–Crippen MR) is 99.3 cm³/mol. The Balaban J connectivity index is 1.24. The predicted octanol–water partition coefficient (Wildman–Crippen LogP) is 2.34. The molecule has 2 aromatic rings. The number of oxazole rings is 1. The van der Waals surface area contributed by atoms with Gasteiger partial charge in [-0.05, 0) is 24.7 Å². The number of fused-ring (bicyclic) bond motifs is 1.